The summed E-state index contributed by atoms with van der Waals surface area (Å²) in [6, 6.07) is 10.4. The molecule has 126 valence electrons. The van der Waals surface area contributed by atoms with Crippen molar-refractivity contribution in [3.8, 4) is 11.5 Å². The smallest absolute Gasteiger partial charge is 0.271 e. The van der Waals surface area contributed by atoms with Crippen LogP contribution in [0.2, 0.25) is 5.02 Å². The van der Waals surface area contributed by atoms with E-state index in [2.05, 4.69) is 33.1 Å². The van der Waals surface area contributed by atoms with Crippen LogP contribution in [0.5, 0.6) is 11.5 Å². The second-order valence-corrected chi connectivity index (χ2v) is 6.28. The molecule has 0 aliphatic rings. The van der Waals surface area contributed by atoms with Crippen LogP contribution in [0.4, 0.5) is 0 Å². The molecule has 5 nitrogen and oxygen atoms in total. The van der Waals surface area contributed by atoms with Crippen molar-refractivity contribution in [1.82, 2.24) is 5.43 Å². The van der Waals surface area contributed by atoms with Gasteiger partial charge in [-0.05, 0) is 65.4 Å². The van der Waals surface area contributed by atoms with Gasteiger partial charge in [0, 0.05) is 10.6 Å². The molecule has 0 aliphatic heterocycles. The van der Waals surface area contributed by atoms with Gasteiger partial charge in [-0.3, -0.25) is 4.79 Å². The minimum atomic E-state index is -0.331. The summed E-state index contributed by atoms with van der Waals surface area (Å²) in [5.41, 5.74) is 3.70. The fraction of sp³-hybridized carbons (Fsp3) is 0.176. The Morgan fingerprint density at radius 1 is 1.38 bits per heavy atom. The van der Waals surface area contributed by atoms with Crippen molar-refractivity contribution in [2.24, 2.45) is 5.10 Å². The van der Waals surface area contributed by atoms with E-state index in [4.69, 9.17) is 21.1 Å². The van der Waals surface area contributed by atoms with Gasteiger partial charge in [-0.2, -0.15) is 5.10 Å². The van der Waals surface area contributed by atoms with E-state index in [9.17, 15) is 4.79 Å². The molecule has 7 heteroatoms. The highest BCUT2D eigenvalue weighted by atomic mass is 127. The molecule has 1 amide bonds. The number of hydrogen-bond donors (Lipinski definition) is 1. The van der Waals surface area contributed by atoms with Crippen molar-refractivity contribution in [2.75, 3.05) is 13.7 Å². The van der Waals surface area contributed by atoms with Crippen molar-refractivity contribution >= 4 is 46.3 Å². The highest BCUT2D eigenvalue weighted by Crippen LogP contribution is 2.33. The molecule has 2 aromatic carbocycles. The van der Waals surface area contributed by atoms with Gasteiger partial charge in [-0.25, -0.2) is 5.43 Å². The van der Waals surface area contributed by atoms with E-state index in [0.29, 0.717) is 28.7 Å². The molecule has 2 rings (SSSR count). The lowest BCUT2D eigenvalue weighted by molar-refractivity contribution is 0.0955. The number of methoxy groups -OCH3 is 1. The molecule has 0 spiro atoms. The fourth-order valence-electron chi connectivity index (χ4n) is 1.98. The number of hydrogen-bond acceptors (Lipinski definition) is 4. The lowest BCUT2D eigenvalue weighted by Crippen LogP contribution is -2.17. The third-order valence-electron chi connectivity index (χ3n) is 3.00. The lowest BCUT2D eigenvalue weighted by Gasteiger charge is -2.11. The summed E-state index contributed by atoms with van der Waals surface area (Å²) in [4.78, 5) is 12.0. The van der Waals surface area contributed by atoms with Gasteiger partial charge >= 0.3 is 0 Å². The Kier molecular flexibility index (Phi) is 6.86. The Hall–Kier alpha value is -1.80. The van der Waals surface area contributed by atoms with Crippen LogP contribution in [0.1, 0.15) is 22.8 Å². The van der Waals surface area contributed by atoms with E-state index < -0.39 is 0 Å². The topological polar surface area (TPSA) is 59.9 Å². The van der Waals surface area contributed by atoms with Crippen LogP contribution >= 0.6 is 34.2 Å². The van der Waals surface area contributed by atoms with Crippen LogP contribution in [-0.2, 0) is 0 Å². The Balaban J connectivity index is 2.12. The highest BCUT2D eigenvalue weighted by molar-refractivity contribution is 14.1. The first-order chi connectivity index (χ1) is 11.5. The molecule has 0 radical (unpaired) electrons. The third-order valence-corrected chi connectivity index (χ3v) is 4.04. The number of rotatable bonds is 6. The number of nitrogens with zero attached hydrogens (tertiary/aromatic N) is 1. The molecule has 0 saturated heterocycles. The number of ether oxygens (including phenoxy) is 2. The summed E-state index contributed by atoms with van der Waals surface area (Å²) in [5.74, 6) is 0.981. The largest absolute Gasteiger partial charge is 0.492 e. The van der Waals surface area contributed by atoms with E-state index in [0.717, 1.165) is 9.13 Å². The highest BCUT2D eigenvalue weighted by Gasteiger charge is 2.10. The van der Waals surface area contributed by atoms with Crippen LogP contribution < -0.4 is 14.9 Å². The maximum absolute atomic E-state index is 12.0. The molecule has 2 aromatic rings. The number of amides is 1. The molecular weight excluding hydrogens is 443 g/mol. The average Bonchev–Trinajstić information content (AvgIpc) is 2.55. The first-order valence-corrected chi connectivity index (χ1v) is 8.60. The van der Waals surface area contributed by atoms with E-state index in [-0.39, 0.29) is 5.91 Å². The van der Waals surface area contributed by atoms with Crippen LogP contribution in [-0.4, -0.2) is 25.8 Å². The van der Waals surface area contributed by atoms with Crippen molar-refractivity contribution in [3.63, 3.8) is 0 Å². The lowest BCUT2D eigenvalue weighted by atomic mass is 10.2. The molecule has 24 heavy (non-hydrogen) atoms. The Morgan fingerprint density at radius 2 is 2.17 bits per heavy atom. The SMILES string of the molecule is CCOc1cc(/C=N\NC(=O)c2cccc(Cl)c2)cc(I)c1OC. The molecule has 0 bridgehead atoms. The third kappa shape index (κ3) is 4.85. The zero-order valence-corrected chi connectivity index (χ0v) is 16.1. The van der Waals surface area contributed by atoms with Crippen LogP contribution in [0, 0.1) is 3.57 Å². The number of nitrogens with one attached hydrogen (secondary N) is 1. The Labute approximate surface area is 159 Å². The number of hydrazone groups is 1. The monoisotopic (exact) mass is 458 g/mol. The standard InChI is InChI=1S/C17H16ClIN2O3/c1-3-24-15-8-11(7-14(19)16(15)23-2)10-20-21-17(22)12-5-4-6-13(18)9-12/h4-10H,3H2,1-2H3,(H,21,22)/b20-10-. The normalized spacial score (nSPS) is 10.7. The predicted octanol–water partition coefficient (Wildman–Crippen LogP) is 4.12. The summed E-state index contributed by atoms with van der Waals surface area (Å²) in [5, 5.41) is 4.48. The molecule has 0 fully saturated rings. The van der Waals surface area contributed by atoms with Crippen molar-refractivity contribution in [2.45, 2.75) is 6.92 Å². The molecule has 0 aromatic heterocycles. The number of halogens is 2. The second kappa shape index (κ2) is 8.89. The number of benzene rings is 2. The summed E-state index contributed by atoms with van der Waals surface area (Å²) in [6.07, 6.45) is 1.55. The molecule has 0 saturated carbocycles. The van der Waals surface area contributed by atoms with Gasteiger partial charge in [0.15, 0.2) is 11.5 Å². The molecule has 0 atom stereocenters. The van der Waals surface area contributed by atoms with Crippen LogP contribution in [0.3, 0.4) is 0 Å². The molecule has 0 aliphatic carbocycles. The summed E-state index contributed by atoms with van der Waals surface area (Å²) >= 11 is 8.03. The summed E-state index contributed by atoms with van der Waals surface area (Å²) < 4.78 is 11.8. The molecule has 0 heterocycles. The maximum Gasteiger partial charge on any atom is 0.271 e. The first kappa shape index (κ1) is 18.5. The maximum atomic E-state index is 12.0. The second-order valence-electron chi connectivity index (χ2n) is 4.68. The minimum Gasteiger partial charge on any atom is -0.492 e. The Morgan fingerprint density at radius 3 is 2.83 bits per heavy atom. The van der Waals surface area contributed by atoms with Gasteiger partial charge in [0.1, 0.15) is 0 Å². The molecule has 0 unspecified atom stereocenters. The quantitative estimate of drug-likeness (QED) is 0.402. The number of carbonyl (C=O) groups is 1. The molecular formula is C17H16ClIN2O3. The fourth-order valence-corrected chi connectivity index (χ4v) is 3.02. The Bertz CT molecular complexity index is 765. The summed E-state index contributed by atoms with van der Waals surface area (Å²) in [6.45, 7) is 2.43. The minimum absolute atomic E-state index is 0.331. The number of carbonyl (C=O) groups excluding carboxylic acids is 1. The molecule has 1 N–H and O–H groups in total. The van der Waals surface area contributed by atoms with Gasteiger partial charge in [0.2, 0.25) is 0 Å². The van der Waals surface area contributed by atoms with Crippen molar-refractivity contribution in [1.29, 1.82) is 0 Å². The van der Waals surface area contributed by atoms with Gasteiger partial charge in [0.25, 0.3) is 5.91 Å². The zero-order chi connectivity index (χ0) is 17.5. The van der Waals surface area contributed by atoms with Gasteiger partial charge in [-0.1, -0.05) is 17.7 Å². The van der Waals surface area contributed by atoms with Crippen LogP contribution in [0.15, 0.2) is 41.5 Å². The average molecular weight is 459 g/mol. The predicted molar refractivity (Wildman–Crippen MR) is 103 cm³/mol. The van der Waals surface area contributed by atoms with E-state index in [1.165, 1.54) is 0 Å². The van der Waals surface area contributed by atoms with Crippen molar-refractivity contribution in [3.05, 3.63) is 56.1 Å². The van der Waals surface area contributed by atoms with Gasteiger partial charge in [-0.15, -0.1) is 0 Å². The van der Waals surface area contributed by atoms with Crippen LogP contribution in [0.25, 0.3) is 0 Å². The van der Waals surface area contributed by atoms with E-state index >= 15 is 0 Å². The van der Waals surface area contributed by atoms with Crippen molar-refractivity contribution < 1.29 is 14.3 Å². The van der Waals surface area contributed by atoms with Gasteiger partial charge < -0.3 is 9.47 Å². The zero-order valence-electron chi connectivity index (χ0n) is 13.2. The van der Waals surface area contributed by atoms with E-state index in [1.54, 1.807) is 43.7 Å². The van der Waals surface area contributed by atoms with E-state index in [1.807, 2.05) is 13.0 Å². The first-order valence-electron chi connectivity index (χ1n) is 7.14. The van der Waals surface area contributed by atoms with Gasteiger partial charge in [0.05, 0.1) is 23.5 Å². The summed E-state index contributed by atoms with van der Waals surface area (Å²) in [7, 11) is 1.60.